The average molecular weight is 437 g/mol. The molecule has 32 heavy (non-hydrogen) atoms. The van der Waals surface area contributed by atoms with E-state index >= 15 is 0 Å². The van der Waals surface area contributed by atoms with Crippen molar-refractivity contribution < 1.29 is 19.4 Å². The summed E-state index contributed by atoms with van der Waals surface area (Å²) in [5.74, 6) is 0.167. The number of fused-ring (bicyclic) bond motifs is 1. The second kappa shape index (κ2) is 8.24. The molecule has 2 aliphatic rings. The minimum Gasteiger partial charge on any atom is -0.465 e. The monoisotopic (exact) mass is 436 g/mol. The van der Waals surface area contributed by atoms with Crippen LogP contribution in [0.1, 0.15) is 55.1 Å². The molecule has 170 valence electrons. The van der Waals surface area contributed by atoms with Gasteiger partial charge in [0.15, 0.2) is 0 Å². The number of urea groups is 1. The normalized spacial score (nSPS) is 24.8. The van der Waals surface area contributed by atoms with Crippen LogP contribution in [-0.2, 0) is 15.8 Å². The molecule has 1 saturated carbocycles. The van der Waals surface area contributed by atoms with E-state index in [4.69, 9.17) is 4.74 Å². The highest BCUT2D eigenvalue weighted by Gasteiger charge is 2.49. The van der Waals surface area contributed by atoms with E-state index in [0.717, 1.165) is 5.56 Å². The zero-order valence-electron chi connectivity index (χ0n) is 19.2. The van der Waals surface area contributed by atoms with Gasteiger partial charge in [0.05, 0.1) is 18.3 Å². The molecule has 2 fully saturated rings. The van der Waals surface area contributed by atoms with Gasteiger partial charge in [-0.3, -0.25) is 0 Å². The van der Waals surface area contributed by atoms with Crippen LogP contribution < -0.4 is 5.32 Å². The third kappa shape index (κ3) is 4.37. The molecule has 1 aliphatic heterocycles. The number of carbonyl (C=O) groups is 2. The van der Waals surface area contributed by atoms with Gasteiger partial charge in [0, 0.05) is 18.8 Å². The first-order valence-corrected chi connectivity index (χ1v) is 11.2. The third-order valence-corrected chi connectivity index (χ3v) is 6.91. The number of ether oxygens (including phenoxy) is 1. The van der Waals surface area contributed by atoms with E-state index in [0.29, 0.717) is 37.2 Å². The summed E-state index contributed by atoms with van der Waals surface area (Å²) in [7, 11) is 1.34. The summed E-state index contributed by atoms with van der Waals surface area (Å²) in [6, 6.07) is 14.9. The van der Waals surface area contributed by atoms with Crippen LogP contribution in [0.15, 0.2) is 48.5 Å². The molecule has 0 radical (unpaired) electrons. The lowest BCUT2D eigenvalue weighted by atomic mass is 9.84. The Bertz CT molecular complexity index is 978. The molecular weight excluding hydrogens is 404 g/mol. The predicted octanol–water partition coefficient (Wildman–Crippen LogP) is 4.53. The lowest BCUT2D eigenvalue weighted by Gasteiger charge is -2.28. The minimum absolute atomic E-state index is 0.0842. The molecule has 1 unspecified atom stereocenters. The highest BCUT2D eigenvalue weighted by Crippen LogP contribution is 2.49. The number of hydrogen-bond acceptors (Lipinski definition) is 4. The van der Waals surface area contributed by atoms with Crippen LogP contribution in [-0.4, -0.2) is 42.2 Å². The summed E-state index contributed by atoms with van der Waals surface area (Å²) in [5.41, 5.74) is 2.57. The number of nitrogens with zero attached hydrogens (tertiary/aromatic N) is 1. The number of likely N-dealkylation sites (tertiary alicyclic amines) is 1. The first-order valence-electron chi connectivity index (χ1n) is 11.2. The smallest absolute Gasteiger partial charge is 0.337 e. The van der Waals surface area contributed by atoms with Crippen LogP contribution in [0.5, 0.6) is 0 Å². The zero-order valence-corrected chi connectivity index (χ0v) is 19.2. The first kappa shape index (κ1) is 22.3. The number of amides is 2. The SMILES string of the molecule is COC(=O)c1ccc(NC(=O)N2C[C@@H]3CC(O)(c4ccc(C(C)(C)C)cc4)C[C@@H]3C2)cc1. The number of esters is 1. The molecule has 3 atom stereocenters. The predicted molar refractivity (Wildman–Crippen MR) is 124 cm³/mol. The molecule has 2 N–H and O–H groups in total. The van der Waals surface area contributed by atoms with E-state index in [9.17, 15) is 14.7 Å². The maximum absolute atomic E-state index is 12.7. The topological polar surface area (TPSA) is 78.9 Å². The molecule has 4 rings (SSSR count). The Kier molecular flexibility index (Phi) is 5.76. The fraction of sp³-hybridized carbons (Fsp3) is 0.462. The van der Waals surface area contributed by atoms with Crippen molar-refractivity contribution in [3.63, 3.8) is 0 Å². The van der Waals surface area contributed by atoms with Crippen molar-refractivity contribution in [1.82, 2.24) is 4.90 Å². The van der Waals surface area contributed by atoms with Gasteiger partial charge in [-0.25, -0.2) is 9.59 Å². The Labute approximate surface area is 189 Å². The molecule has 6 heteroatoms. The van der Waals surface area contributed by atoms with Gasteiger partial charge >= 0.3 is 12.0 Å². The number of nitrogens with one attached hydrogen (secondary N) is 1. The Balaban J connectivity index is 1.36. The number of benzene rings is 2. The minimum atomic E-state index is -0.821. The molecule has 1 saturated heterocycles. The largest absolute Gasteiger partial charge is 0.465 e. The number of methoxy groups -OCH3 is 1. The van der Waals surface area contributed by atoms with Crippen molar-refractivity contribution in [1.29, 1.82) is 0 Å². The van der Waals surface area contributed by atoms with Gasteiger partial charge in [-0.05, 0) is 65.5 Å². The van der Waals surface area contributed by atoms with Crippen LogP contribution >= 0.6 is 0 Å². The Morgan fingerprint density at radius 2 is 1.56 bits per heavy atom. The van der Waals surface area contributed by atoms with Crippen molar-refractivity contribution in [2.75, 3.05) is 25.5 Å². The maximum atomic E-state index is 12.7. The van der Waals surface area contributed by atoms with Crippen LogP contribution in [0.4, 0.5) is 10.5 Å². The number of aliphatic hydroxyl groups is 1. The van der Waals surface area contributed by atoms with E-state index < -0.39 is 11.6 Å². The first-order chi connectivity index (χ1) is 15.1. The fourth-order valence-corrected chi connectivity index (χ4v) is 5.04. The fourth-order valence-electron chi connectivity index (χ4n) is 5.04. The molecular formula is C26H32N2O4. The Morgan fingerprint density at radius 3 is 2.06 bits per heavy atom. The number of hydrogen-bond donors (Lipinski definition) is 2. The molecule has 6 nitrogen and oxygen atoms in total. The average Bonchev–Trinajstić information content (AvgIpc) is 3.29. The van der Waals surface area contributed by atoms with Crippen LogP contribution in [0.25, 0.3) is 0 Å². The van der Waals surface area contributed by atoms with Crippen molar-refractivity contribution in [3.05, 3.63) is 65.2 Å². The Hall–Kier alpha value is -2.86. The second-order valence-corrected chi connectivity index (χ2v) is 10.2. The van der Waals surface area contributed by atoms with Gasteiger partial charge < -0.3 is 20.1 Å². The quantitative estimate of drug-likeness (QED) is 0.693. The highest BCUT2D eigenvalue weighted by molar-refractivity contribution is 5.92. The van der Waals surface area contributed by atoms with Gasteiger partial charge in [0.2, 0.25) is 0 Å². The van der Waals surface area contributed by atoms with Gasteiger partial charge in [-0.15, -0.1) is 0 Å². The lowest BCUT2D eigenvalue weighted by molar-refractivity contribution is 0.0328. The van der Waals surface area contributed by atoms with Crippen molar-refractivity contribution in [2.45, 2.75) is 44.6 Å². The summed E-state index contributed by atoms with van der Waals surface area (Å²) >= 11 is 0. The highest BCUT2D eigenvalue weighted by atomic mass is 16.5. The number of carbonyl (C=O) groups excluding carboxylic acids is 2. The van der Waals surface area contributed by atoms with E-state index in [2.05, 4.69) is 50.4 Å². The van der Waals surface area contributed by atoms with Crippen LogP contribution in [0.2, 0.25) is 0 Å². The molecule has 1 heterocycles. The van der Waals surface area contributed by atoms with Gasteiger partial charge in [-0.2, -0.15) is 0 Å². The standard InChI is InChI=1S/C26H32N2O4/c1-25(2,3)20-7-9-21(10-8-20)26(31)13-18-15-28(16-19(18)14-26)24(30)27-22-11-5-17(6-12-22)23(29)32-4/h5-12,18-19,31H,13-16H2,1-4H3,(H,27,30)/t18-,19+,26?. The number of anilines is 1. The second-order valence-electron chi connectivity index (χ2n) is 10.2. The molecule has 2 aromatic rings. The van der Waals surface area contributed by atoms with E-state index in [1.165, 1.54) is 12.7 Å². The summed E-state index contributed by atoms with van der Waals surface area (Å²) in [5, 5.41) is 14.3. The molecule has 2 aromatic carbocycles. The lowest BCUT2D eigenvalue weighted by Crippen LogP contribution is -2.35. The Morgan fingerprint density at radius 1 is 1.00 bits per heavy atom. The van der Waals surface area contributed by atoms with Crippen LogP contribution in [0.3, 0.4) is 0 Å². The summed E-state index contributed by atoms with van der Waals surface area (Å²) < 4.78 is 4.70. The molecule has 0 aromatic heterocycles. The third-order valence-electron chi connectivity index (χ3n) is 6.91. The van der Waals surface area contributed by atoms with Crippen molar-refractivity contribution in [2.24, 2.45) is 11.8 Å². The van der Waals surface area contributed by atoms with E-state index in [1.807, 2.05) is 4.90 Å². The maximum Gasteiger partial charge on any atom is 0.337 e. The van der Waals surface area contributed by atoms with Gasteiger partial charge in [0.1, 0.15) is 0 Å². The van der Waals surface area contributed by atoms with Gasteiger partial charge in [0.25, 0.3) is 0 Å². The summed E-state index contributed by atoms with van der Waals surface area (Å²) in [6.45, 7) is 7.83. The van der Waals surface area contributed by atoms with Gasteiger partial charge in [-0.1, -0.05) is 45.0 Å². The number of rotatable bonds is 3. The van der Waals surface area contributed by atoms with Crippen LogP contribution in [0, 0.1) is 11.8 Å². The van der Waals surface area contributed by atoms with Crippen molar-refractivity contribution in [3.8, 4) is 0 Å². The molecule has 0 bridgehead atoms. The van der Waals surface area contributed by atoms with E-state index in [-0.39, 0.29) is 23.3 Å². The van der Waals surface area contributed by atoms with E-state index in [1.54, 1.807) is 24.3 Å². The zero-order chi connectivity index (χ0) is 23.1. The summed E-state index contributed by atoms with van der Waals surface area (Å²) in [4.78, 5) is 26.1. The van der Waals surface area contributed by atoms with Crippen molar-refractivity contribution >= 4 is 17.7 Å². The molecule has 0 spiro atoms. The summed E-state index contributed by atoms with van der Waals surface area (Å²) in [6.07, 6.45) is 1.34. The molecule has 1 aliphatic carbocycles. The molecule has 2 amide bonds.